The van der Waals surface area contributed by atoms with E-state index in [4.69, 9.17) is 5.41 Å². The minimum absolute atomic E-state index is 0. The second-order valence-corrected chi connectivity index (χ2v) is 1.29. The van der Waals surface area contributed by atoms with E-state index in [9.17, 15) is 0 Å². The van der Waals surface area contributed by atoms with Gasteiger partial charge in [-0.3, -0.25) is 0 Å². The smallest absolute Gasteiger partial charge is 0 e. The summed E-state index contributed by atoms with van der Waals surface area (Å²) in [6, 6.07) is 0. The zero-order valence-electron chi connectivity index (χ0n) is 2.43. The van der Waals surface area contributed by atoms with E-state index in [2.05, 4.69) is 21.7 Å². The van der Waals surface area contributed by atoms with Crippen LogP contribution in [0.2, 0.25) is 0 Å². The van der Waals surface area contributed by atoms with E-state index in [1.165, 1.54) is 0 Å². The van der Waals surface area contributed by atoms with Crippen LogP contribution < -0.4 is 5.73 Å². The van der Waals surface area contributed by atoms with Gasteiger partial charge in [-0.2, -0.15) is 0 Å². The van der Waals surface area contributed by atoms with Gasteiger partial charge in [0, 0.05) is 24.4 Å². The van der Waals surface area contributed by atoms with Gasteiger partial charge >= 0.3 is 31.9 Å². The van der Waals surface area contributed by atoms with Crippen molar-refractivity contribution in [3.8, 4) is 0 Å². The molecule has 0 bridgehead atoms. The largest absolute Gasteiger partial charge is 0 e. The van der Waals surface area contributed by atoms with Crippen LogP contribution in [0.3, 0.4) is 0 Å². The maximum absolute atomic E-state index is 6.22. The molecule has 0 atom stereocenters. The number of hydrogen-bond acceptors (Lipinski definition) is 1. The van der Waals surface area contributed by atoms with Crippen molar-refractivity contribution in [3.05, 3.63) is 0 Å². The Labute approximate surface area is 56.3 Å². The van der Waals surface area contributed by atoms with Gasteiger partial charge in [0.15, 0.2) is 0 Å². The molecule has 2 nitrogen and oxygen atoms in total. The quantitative estimate of drug-likeness (QED) is 0.309. The van der Waals surface area contributed by atoms with Gasteiger partial charge in [0.1, 0.15) is 0 Å². The van der Waals surface area contributed by atoms with Crippen molar-refractivity contribution in [3.63, 3.8) is 0 Å². The molecule has 0 unspecified atom stereocenters. The third-order valence-corrected chi connectivity index (χ3v) is 0. The van der Waals surface area contributed by atoms with Gasteiger partial charge in [0.05, 0.1) is 0 Å². The summed E-state index contributed by atoms with van der Waals surface area (Å²) in [4.78, 5) is 0. The zero-order chi connectivity index (χ0) is 3.58. The Balaban J connectivity index is 0. The van der Waals surface area contributed by atoms with Crippen molar-refractivity contribution in [1.29, 1.82) is 5.41 Å². The molecule has 0 spiro atoms. The van der Waals surface area contributed by atoms with E-state index in [1.807, 2.05) is 0 Å². The first-order valence-electron chi connectivity index (χ1n) is 0.743. The molecule has 0 heterocycles. The van der Waals surface area contributed by atoms with Gasteiger partial charge in [-0.15, -0.1) is 0 Å². The summed E-state index contributed by atoms with van der Waals surface area (Å²) in [7, 11) is 0. The monoisotopic (exact) mass is 244 g/mol. The summed E-state index contributed by atoms with van der Waals surface area (Å²) in [6.45, 7) is 0. The number of rotatable bonds is 0. The second kappa shape index (κ2) is 4.81. The molecule has 0 aromatic rings. The fourth-order valence-corrected chi connectivity index (χ4v) is 0. The van der Waals surface area contributed by atoms with Crippen LogP contribution in [0.1, 0.15) is 0 Å². The molecule has 0 saturated carbocycles. The van der Waals surface area contributed by atoms with Crippen LogP contribution in [0.15, 0.2) is 0 Å². The van der Waals surface area contributed by atoms with Crippen molar-refractivity contribution >= 4 is 45.2 Å². The third-order valence-electron chi connectivity index (χ3n) is 0. The minimum atomic E-state index is 0. The van der Waals surface area contributed by atoms with E-state index in [1.54, 1.807) is 0 Å². The van der Waals surface area contributed by atoms with E-state index in [0.717, 1.165) is 0 Å². The Kier molecular flexibility index (Phi) is 8.90. The molecular formula is CH3N2SbSe. The molecule has 0 fully saturated rings. The number of amidine groups is 1. The molecule has 0 rings (SSSR count). The first-order chi connectivity index (χ1) is 1.73. The summed E-state index contributed by atoms with van der Waals surface area (Å²) in [5.74, 6) is 0. The van der Waals surface area contributed by atoms with E-state index in [0.29, 0.717) is 0 Å². The van der Waals surface area contributed by atoms with Crippen LogP contribution in [-0.4, -0.2) is 45.2 Å². The van der Waals surface area contributed by atoms with Gasteiger partial charge in [-0.1, -0.05) is 0 Å². The van der Waals surface area contributed by atoms with Crippen LogP contribution >= 0.6 is 0 Å². The average Bonchev–Trinajstić information content (AvgIpc) is 0.811. The van der Waals surface area contributed by atoms with Gasteiger partial charge in [-0.05, 0) is 0 Å². The summed E-state index contributed by atoms with van der Waals surface area (Å²) >= 11 is 2.26. The molecule has 0 aliphatic heterocycles. The topological polar surface area (TPSA) is 49.9 Å². The van der Waals surface area contributed by atoms with Crippen LogP contribution in [0, 0.1) is 5.41 Å². The summed E-state index contributed by atoms with van der Waals surface area (Å²) in [5, 5.41) is 6.22. The minimum Gasteiger partial charge on any atom is 0 e. The maximum atomic E-state index is 6.22. The van der Waals surface area contributed by atoms with Gasteiger partial charge in [0.25, 0.3) is 0 Å². The molecule has 0 aromatic carbocycles. The maximum Gasteiger partial charge on any atom is 0 e. The first-order valence-corrected chi connectivity index (χ1v) is 1.60. The summed E-state index contributed by atoms with van der Waals surface area (Å²) in [5.41, 5.74) is 4.64. The predicted molar refractivity (Wildman–Crippen MR) is 23.4 cm³/mol. The molecule has 4 heteroatoms. The molecular weight excluding hydrogens is 241 g/mol. The van der Waals surface area contributed by atoms with Crippen LogP contribution in [0.5, 0.6) is 0 Å². The Morgan fingerprint density at radius 1 is 1.80 bits per heavy atom. The summed E-state index contributed by atoms with van der Waals surface area (Å²) in [6.07, 6.45) is 0. The summed E-state index contributed by atoms with van der Waals surface area (Å²) < 4.78 is 0.0417. The third kappa shape index (κ3) is 58.1. The van der Waals surface area contributed by atoms with Crippen molar-refractivity contribution < 1.29 is 0 Å². The SMILES string of the molecule is N=C(N)[Se].[Sb]. The molecule has 0 saturated heterocycles. The van der Waals surface area contributed by atoms with Gasteiger partial charge in [-0.25, -0.2) is 0 Å². The Morgan fingerprint density at radius 3 is 1.80 bits per heavy atom. The molecule has 0 amide bonds. The Morgan fingerprint density at radius 2 is 1.80 bits per heavy atom. The molecule has 4 radical (unpaired) electrons. The van der Waals surface area contributed by atoms with Gasteiger partial charge in [0.2, 0.25) is 0 Å². The zero-order valence-corrected chi connectivity index (χ0v) is 6.70. The van der Waals surface area contributed by atoms with E-state index >= 15 is 0 Å². The molecule has 0 aliphatic rings. The fraction of sp³-hybridized carbons (Fsp3) is 0. The van der Waals surface area contributed by atoms with E-state index in [-0.39, 0.29) is 29.2 Å². The molecule has 3 N–H and O–H groups in total. The van der Waals surface area contributed by atoms with E-state index < -0.39 is 0 Å². The van der Waals surface area contributed by atoms with Gasteiger partial charge < -0.3 is 0 Å². The molecule has 28 valence electrons. The van der Waals surface area contributed by atoms with Crippen molar-refractivity contribution in [2.24, 2.45) is 5.73 Å². The standard InChI is InChI=1S/CH3N2Se.Sb/c2-1(3)4;/h(H3,2,3);. The first kappa shape index (κ1) is 9.26. The average molecular weight is 244 g/mol. The van der Waals surface area contributed by atoms with Crippen LogP contribution in [-0.2, 0) is 0 Å². The molecule has 5 heavy (non-hydrogen) atoms. The van der Waals surface area contributed by atoms with Crippen molar-refractivity contribution in [1.82, 2.24) is 0 Å². The molecule has 0 aromatic heterocycles. The number of hydrogen-bond donors (Lipinski definition) is 2. The number of nitrogens with two attached hydrogens (primary N) is 1. The van der Waals surface area contributed by atoms with Crippen molar-refractivity contribution in [2.45, 2.75) is 0 Å². The molecule has 0 aliphatic carbocycles. The second-order valence-electron chi connectivity index (χ2n) is 0.364. The van der Waals surface area contributed by atoms with Crippen molar-refractivity contribution in [2.75, 3.05) is 0 Å². The Bertz CT molecular complexity index is 32.6. The van der Waals surface area contributed by atoms with Crippen LogP contribution in [0.4, 0.5) is 0 Å². The number of nitrogens with one attached hydrogen (secondary N) is 1. The normalized spacial score (nSPS) is 4.80. The Hall–Kier alpha value is 0.808. The predicted octanol–water partition coefficient (Wildman–Crippen LogP) is -1.33. The fourth-order valence-electron chi connectivity index (χ4n) is 0. The van der Waals surface area contributed by atoms with Crippen LogP contribution in [0.25, 0.3) is 0 Å².